The molecule has 0 fully saturated rings. The molecule has 0 saturated carbocycles. The van der Waals surface area contributed by atoms with E-state index in [0.29, 0.717) is 17.6 Å². The van der Waals surface area contributed by atoms with Crippen molar-refractivity contribution in [1.29, 1.82) is 0 Å². The molecule has 0 bridgehead atoms. The van der Waals surface area contributed by atoms with Crippen molar-refractivity contribution in [2.75, 3.05) is 5.73 Å². The first-order valence-electron chi connectivity index (χ1n) is 6.91. The third kappa shape index (κ3) is 2.45. The average Bonchev–Trinajstić information content (AvgIpc) is 2.68. The van der Waals surface area contributed by atoms with E-state index in [0.717, 1.165) is 23.3 Å². The number of fused-ring (bicyclic) bond motifs is 1. The normalized spacial score (nSPS) is 15.1. The molecule has 0 aliphatic rings. The molecule has 0 aliphatic heterocycles. The van der Waals surface area contributed by atoms with E-state index in [2.05, 4.69) is 30.3 Å². The van der Waals surface area contributed by atoms with Crippen LogP contribution in [-0.2, 0) is 0 Å². The number of hydrogen-bond donors (Lipinski definition) is 2. The van der Waals surface area contributed by atoms with Crippen LogP contribution in [0, 0.1) is 5.92 Å². The largest absolute Gasteiger partial charge is 0.399 e. The highest BCUT2D eigenvalue weighted by Gasteiger charge is 2.22. The summed E-state index contributed by atoms with van der Waals surface area (Å²) in [6.07, 6.45) is 0.425. The van der Waals surface area contributed by atoms with Crippen molar-refractivity contribution in [3.8, 4) is 0 Å². The molecule has 19 heavy (non-hydrogen) atoms. The van der Waals surface area contributed by atoms with E-state index in [1.54, 1.807) is 6.92 Å². The third-order valence-electron chi connectivity index (χ3n) is 3.63. The lowest BCUT2D eigenvalue weighted by atomic mass is 10.0. The summed E-state index contributed by atoms with van der Waals surface area (Å²) in [5.74, 6) is 1.21. The Bertz CT molecular complexity index is 572. The van der Waals surface area contributed by atoms with E-state index in [-0.39, 0.29) is 0 Å². The summed E-state index contributed by atoms with van der Waals surface area (Å²) in [5, 5.41) is 9.99. The van der Waals surface area contributed by atoms with E-state index in [4.69, 9.17) is 5.73 Å². The molecule has 1 aromatic heterocycles. The number of nitrogens with zero attached hydrogens (tertiary/aromatic N) is 2. The number of aromatic nitrogens is 2. The Kier molecular flexibility index (Phi) is 3.80. The summed E-state index contributed by atoms with van der Waals surface area (Å²) >= 11 is 0. The van der Waals surface area contributed by atoms with Crippen LogP contribution in [0.25, 0.3) is 11.0 Å². The minimum Gasteiger partial charge on any atom is -0.399 e. The molecule has 2 unspecified atom stereocenters. The number of benzene rings is 1. The van der Waals surface area contributed by atoms with Crippen LogP contribution in [0.5, 0.6) is 0 Å². The molecule has 2 atom stereocenters. The summed E-state index contributed by atoms with van der Waals surface area (Å²) in [4.78, 5) is 4.56. The van der Waals surface area contributed by atoms with E-state index in [9.17, 15) is 5.11 Å². The molecule has 2 aromatic rings. The monoisotopic (exact) mass is 261 g/mol. The second-order valence-electron chi connectivity index (χ2n) is 5.48. The molecule has 0 spiro atoms. The van der Waals surface area contributed by atoms with Gasteiger partial charge < -0.3 is 15.4 Å². The highest BCUT2D eigenvalue weighted by molar-refractivity contribution is 5.80. The maximum atomic E-state index is 9.99. The Morgan fingerprint density at radius 3 is 2.53 bits per heavy atom. The topological polar surface area (TPSA) is 64.1 Å². The van der Waals surface area contributed by atoms with Gasteiger partial charge in [0.05, 0.1) is 11.0 Å². The maximum absolute atomic E-state index is 9.99. The summed E-state index contributed by atoms with van der Waals surface area (Å²) in [7, 11) is 0. The Balaban J connectivity index is 2.71. The molecule has 0 saturated heterocycles. The van der Waals surface area contributed by atoms with Gasteiger partial charge in [-0.25, -0.2) is 4.98 Å². The van der Waals surface area contributed by atoms with Crippen LogP contribution in [0.3, 0.4) is 0 Å². The van der Waals surface area contributed by atoms with Gasteiger partial charge in [-0.15, -0.1) is 0 Å². The zero-order valence-electron chi connectivity index (χ0n) is 12.1. The lowest BCUT2D eigenvalue weighted by molar-refractivity contribution is 0.177. The molecular weight excluding hydrogens is 238 g/mol. The zero-order chi connectivity index (χ0) is 14.2. The number of imidazole rings is 1. The molecule has 1 aromatic carbocycles. The molecule has 3 N–H and O–H groups in total. The predicted molar refractivity (Wildman–Crippen MR) is 78.9 cm³/mol. The number of anilines is 1. The van der Waals surface area contributed by atoms with Crippen LogP contribution >= 0.6 is 0 Å². The summed E-state index contributed by atoms with van der Waals surface area (Å²) in [6, 6.07) is 6.08. The second kappa shape index (κ2) is 5.21. The molecule has 4 nitrogen and oxygen atoms in total. The van der Waals surface area contributed by atoms with Crippen molar-refractivity contribution in [2.24, 2.45) is 5.92 Å². The van der Waals surface area contributed by atoms with Gasteiger partial charge in [-0.1, -0.05) is 20.8 Å². The first kappa shape index (κ1) is 13.9. The lowest BCUT2D eigenvalue weighted by Crippen LogP contribution is -2.18. The van der Waals surface area contributed by atoms with Gasteiger partial charge in [0.15, 0.2) is 0 Å². The molecule has 2 rings (SSSR count). The number of nitrogen functional groups attached to an aromatic ring is 1. The number of rotatable bonds is 4. The van der Waals surface area contributed by atoms with Gasteiger partial charge in [-0.05, 0) is 37.5 Å². The molecule has 0 aliphatic carbocycles. The van der Waals surface area contributed by atoms with E-state index in [1.807, 2.05) is 18.2 Å². The Hall–Kier alpha value is -1.55. The predicted octanol–water partition coefficient (Wildman–Crippen LogP) is 3.28. The molecule has 4 heteroatoms. The second-order valence-corrected chi connectivity index (χ2v) is 5.48. The maximum Gasteiger partial charge on any atom is 0.138 e. The molecule has 104 valence electrons. The molecular formula is C15H23N3O. The SMILES string of the molecule is CCC(C(C)C)n1c(C(C)O)nc2cc(N)ccc21. The van der Waals surface area contributed by atoms with Crippen LogP contribution in [0.15, 0.2) is 18.2 Å². The number of hydrogen-bond acceptors (Lipinski definition) is 3. The highest BCUT2D eigenvalue weighted by atomic mass is 16.3. The fourth-order valence-corrected chi connectivity index (χ4v) is 2.73. The van der Waals surface area contributed by atoms with Crippen LogP contribution in [0.2, 0.25) is 0 Å². The van der Waals surface area contributed by atoms with Gasteiger partial charge in [0, 0.05) is 11.7 Å². The highest BCUT2D eigenvalue weighted by Crippen LogP contribution is 2.31. The van der Waals surface area contributed by atoms with Gasteiger partial charge in [0.2, 0.25) is 0 Å². The van der Waals surface area contributed by atoms with E-state index in [1.165, 1.54) is 0 Å². The first-order valence-corrected chi connectivity index (χ1v) is 6.91. The van der Waals surface area contributed by atoms with Crippen molar-refractivity contribution in [3.05, 3.63) is 24.0 Å². The molecule has 1 heterocycles. The van der Waals surface area contributed by atoms with Gasteiger partial charge in [-0.3, -0.25) is 0 Å². The minimum absolute atomic E-state index is 0.332. The average molecular weight is 261 g/mol. The Morgan fingerprint density at radius 1 is 1.32 bits per heavy atom. The van der Waals surface area contributed by atoms with Crippen molar-refractivity contribution in [1.82, 2.24) is 9.55 Å². The van der Waals surface area contributed by atoms with Crippen molar-refractivity contribution < 1.29 is 5.11 Å². The van der Waals surface area contributed by atoms with Gasteiger partial charge in [0.1, 0.15) is 11.9 Å². The van der Waals surface area contributed by atoms with Crippen molar-refractivity contribution in [3.63, 3.8) is 0 Å². The number of nitrogens with two attached hydrogens (primary N) is 1. The number of aliphatic hydroxyl groups is 1. The third-order valence-corrected chi connectivity index (χ3v) is 3.63. The molecule has 0 radical (unpaired) electrons. The Labute approximate surface area is 114 Å². The van der Waals surface area contributed by atoms with Crippen molar-refractivity contribution in [2.45, 2.75) is 46.3 Å². The fraction of sp³-hybridized carbons (Fsp3) is 0.533. The molecule has 0 amide bonds. The standard InChI is InChI=1S/C15H23N3O/c1-5-13(9(2)3)18-14-7-6-11(16)8-12(14)17-15(18)10(4)19/h6-10,13,19H,5,16H2,1-4H3. The summed E-state index contributed by atoms with van der Waals surface area (Å²) in [6.45, 7) is 8.32. The van der Waals surface area contributed by atoms with Crippen LogP contribution in [0.1, 0.15) is 52.1 Å². The lowest BCUT2D eigenvalue weighted by Gasteiger charge is -2.24. The zero-order valence-corrected chi connectivity index (χ0v) is 12.1. The summed E-state index contributed by atoms with van der Waals surface area (Å²) < 4.78 is 2.17. The first-order chi connectivity index (χ1) is 8.95. The minimum atomic E-state index is -0.582. The smallest absolute Gasteiger partial charge is 0.138 e. The van der Waals surface area contributed by atoms with E-state index < -0.39 is 6.10 Å². The van der Waals surface area contributed by atoms with Crippen LogP contribution < -0.4 is 5.73 Å². The number of aliphatic hydroxyl groups excluding tert-OH is 1. The van der Waals surface area contributed by atoms with Crippen LogP contribution in [-0.4, -0.2) is 14.7 Å². The van der Waals surface area contributed by atoms with Crippen molar-refractivity contribution >= 4 is 16.7 Å². The van der Waals surface area contributed by atoms with Gasteiger partial charge in [-0.2, -0.15) is 0 Å². The summed E-state index contributed by atoms with van der Waals surface area (Å²) in [5.41, 5.74) is 8.42. The van der Waals surface area contributed by atoms with Crippen LogP contribution in [0.4, 0.5) is 5.69 Å². The van der Waals surface area contributed by atoms with E-state index >= 15 is 0 Å². The Morgan fingerprint density at radius 2 is 2.00 bits per heavy atom. The van der Waals surface area contributed by atoms with Gasteiger partial charge >= 0.3 is 0 Å². The fourth-order valence-electron chi connectivity index (χ4n) is 2.73. The van der Waals surface area contributed by atoms with Gasteiger partial charge in [0.25, 0.3) is 0 Å². The quantitative estimate of drug-likeness (QED) is 0.830.